The molecule has 2 N–H and O–H groups in total. The van der Waals surface area contributed by atoms with Gasteiger partial charge in [0.15, 0.2) is 6.61 Å². The zero-order valence-corrected chi connectivity index (χ0v) is 12.2. The molecule has 2 aromatic rings. The first-order valence-electron chi connectivity index (χ1n) is 6.74. The van der Waals surface area contributed by atoms with Crippen LogP contribution in [0.4, 0.5) is 8.78 Å². The predicted molar refractivity (Wildman–Crippen MR) is 78.7 cm³/mol. The molecule has 0 aromatic heterocycles. The molecule has 8 heteroatoms. The van der Waals surface area contributed by atoms with E-state index >= 15 is 0 Å². The molecule has 0 aliphatic rings. The van der Waals surface area contributed by atoms with Crippen LogP contribution < -0.4 is 10.9 Å². The highest BCUT2D eigenvalue weighted by molar-refractivity contribution is 5.96. The first-order valence-corrected chi connectivity index (χ1v) is 6.74. The SMILES string of the molecule is O=C(COC(=O)c1ccccc1F)NNC(=O)c1ccccc1F. The molecule has 6 nitrogen and oxygen atoms in total. The van der Waals surface area contributed by atoms with Gasteiger partial charge in [-0.05, 0) is 24.3 Å². The number of carbonyl (C=O) groups excluding carboxylic acids is 3. The lowest BCUT2D eigenvalue weighted by molar-refractivity contribution is -0.125. The van der Waals surface area contributed by atoms with E-state index in [0.29, 0.717) is 0 Å². The van der Waals surface area contributed by atoms with Crippen molar-refractivity contribution in [1.29, 1.82) is 0 Å². The van der Waals surface area contributed by atoms with Crippen LogP contribution in [-0.4, -0.2) is 24.4 Å². The number of esters is 1. The Labute approximate surface area is 135 Å². The number of hydrazine groups is 1. The van der Waals surface area contributed by atoms with E-state index in [0.717, 1.165) is 12.1 Å². The number of amides is 2. The van der Waals surface area contributed by atoms with E-state index in [-0.39, 0.29) is 11.1 Å². The summed E-state index contributed by atoms with van der Waals surface area (Å²) >= 11 is 0. The standard InChI is InChI=1S/C16H12F2N2O4/c17-12-7-3-1-5-10(12)15(22)20-19-14(21)9-24-16(23)11-6-2-4-8-13(11)18/h1-8H,9H2,(H,19,21)(H,20,22). The maximum Gasteiger partial charge on any atom is 0.341 e. The maximum atomic E-state index is 13.4. The molecular weight excluding hydrogens is 322 g/mol. The normalized spacial score (nSPS) is 9.92. The fourth-order valence-electron chi connectivity index (χ4n) is 1.71. The summed E-state index contributed by atoms with van der Waals surface area (Å²) in [6, 6.07) is 10.3. The van der Waals surface area contributed by atoms with E-state index in [1.54, 1.807) is 0 Å². The van der Waals surface area contributed by atoms with E-state index in [1.165, 1.54) is 36.4 Å². The van der Waals surface area contributed by atoms with E-state index in [4.69, 9.17) is 0 Å². The highest BCUT2D eigenvalue weighted by atomic mass is 19.1. The molecule has 0 atom stereocenters. The molecule has 0 heterocycles. The number of nitrogens with one attached hydrogen (secondary N) is 2. The van der Waals surface area contributed by atoms with Gasteiger partial charge >= 0.3 is 5.97 Å². The van der Waals surface area contributed by atoms with Gasteiger partial charge in [-0.15, -0.1) is 0 Å². The lowest BCUT2D eigenvalue weighted by atomic mass is 10.2. The Bertz CT molecular complexity index is 717. The molecule has 2 aromatic carbocycles. The Morgan fingerprint density at radius 3 is 1.96 bits per heavy atom. The molecule has 0 aliphatic heterocycles. The minimum absolute atomic E-state index is 0.263. The van der Waals surface area contributed by atoms with E-state index in [9.17, 15) is 23.2 Å². The topological polar surface area (TPSA) is 84.5 Å². The van der Waals surface area contributed by atoms with E-state index in [1.807, 2.05) is 10.9 Å². The number of hydrogen-bond donors (Lipinski definition) is 2. The quantitative estimate of drug-likeness (QED) is 0.657. The Morgan fingerprint density at radius 1 is 0.833 bits per heavy atom. The first-order chi connectivity index (χ1) is 11.5. The Kier molecular flexibility index (Phi) is 5.56. The molecule has 0 aliphatic carbocycles. The van der Waals surface area contributed by atoms with Gasteiger partial charge < -0.3 is 4.74 Å². The molecule has 2 amide bonds. The first kappa shape index (κ1) is 17.1. The van der Waals surface area contributed by atoms with Crippen LogP contribution in [0.3, 0.4) is 0 Å². The third kappa shape index (κ3) is 4.35. The van der Waals surface area contributed by atoms with Crippen molar-refractivity contribution in [2.75, 3.05) is 6.61 Å². The third-order valence-corrected chi connectivity index (χ3v) is 2.86. The third-order valence-electron chi connectivity index (χ3n) is 2.86. The molecule has 24 heavy (non-hydrogen) atoms. The number of benzene rings is 2. The van der Waals surface area contributed by atoms with E-state index < -0.39 is 36.0 Å². The number of rotatable bonds is 4. The van der Waals surface area contributed by atoms with Crippen LogP contribution in [0.1, 0.15) is 20.7 Å². The maximum absolute atomic E-state index is 13.4. The Morgan fingerprint density at radius 2 is 1.38 bits per heavy atom. The van der Waals surface area contributed by atoms with Crippen LogP contribution in [0.15, 0.2) is 48.5 Å². The van der Waals surface area contributed by atoms with Crippen molar-refractivity contribution in [3.63, 3.8) is 0 Å². The number of halogens is 2. The van der Waals surface area contributed by atoms with Gasteiger partial charge in [0.05, 0.1) is 11.1 Å². The molecule has 124 valence electrons. The fourth-order valence-corrected chi connectivity index (χ4v) is 1.71. The van der Waals surface area contributed by atoms with Gasteiger partial charge in [-0.25, -0.2) is 13.6 Å². The van der Waals surface area contributed by atoms with Crippen LogP contribution in [0.2, 0.25) is 0 Å². The highest BCUT2D eigenvalue weighted by Crippen LogP contribution is 2.08. The van der Waals surface area contributed by atoms with Crippen LogP contribution in [-0.2, 0) is 9.53 Å². The molecule has 0 bridgehead atoms. The lowest BCUT2D eigenvalue weighted by Crippen LogP contribution is -2.43. The van der Waals surface area contributed by atoms with Crippen molar-refractivity contribution in [2.24, 2.45) is 0 Å². The lowest BCUT2D eigenvalue weighted by Gasteiger charge is -2.08. The summed E-state index contributed by atoms with van der Waals surface area (Å²) in [6.45, 7) is -0.745. The van der Waals surface area contributed by atoms with Crippen molar-refractivity contribution in [2.45, 2.75) is 0 Å². The van der Waals surface area contributed by atoms with Crippen molar-refractivity contribution in [3.05, 3.63) is 71.3 Å². The summed E-state index contributed by atoms with van der Waals surface area (Å²) in [7, 11) is 0. The summed E-state index contributed by atoms with van der Waals surface area (Å²) in [5.74, 6) is -4.30. The van der Waals surface area contributed by atoms with Crippen molar-refractivity contribution < 1.29 is 27.9 Å². The number of carbonyl (C=O) groups is 3. The zero-order valence-electron chi connectivity index (χ0n) is 12.2. The fraction of sp³-hybridized carbons (Fsp3) is 0.0625. The van der Waals surface area contributed by atoms with Crippen LogP contribution in [0, 0.1) is 11.6 Å². The molecule has 0 spiro atoms. The molecule has 0 saturated carbocycles. The molecule has 0 fully saturated rings. The smallest absolute Gasteiger partial charge is 0.341 e. The summed E-state index contributed by atoms with van der Waals surface area (Å²) in [6.07, 6.45) is 0. The average Bonchev–Trinajstić information content (AvgIpc) is 2.58. The zero-order chi connectivity index (χ0) is 17.5. The van der Waals surface area contributed by atoms with Crippen molar-refractivity contribution in [3.8, 4) is 0 Å². The molecule has 2 rings (SSSR count). The van der Waals surface area contributed by atoms with Gasteiger partial charge in [-0.2, -0.15) is 0 Å². The van der Waals surface area contributed by atoms with Gasteiger partial charge in [0.1, 0.15) is 11.6 Å². The van der Waals surface area contributed by atoms with Gasteiger partial charge in [0, 0.05) is 0 Å². The summed E-state index contributed by atoms with van der Waals surface area (Å²) in [4.78, 5) is 34.7. The average molecular weight is 334 g/mol. The summed E-state index contributed by atoms with van der Waals surface area (Å²) in [5.41, 5.74) is 3.34. The molecule has 0 radical (unpaired) electrons. The monoisotopic (exact) mass is 334 g/mol. The van der Waals surface area contributed by atoms with Gasteiger partial charge in [0.25, 0.3) is 11.8 Å². The van der Waals surface area contributed by atoms with Crippen molar-refractivity contribution >= 4 is 17.8 Å². The second-order valence-electron chi connectivity index (χ2n) is 4.54. The number of hydrogen-bond acceptors (Lipinski definition) is 4. The number of ether oxygens (including phenoxy) is 1. The summed E-state index contributed by atoms with van der Waals surface area (Å²) < 4.78 is 31.3. The predicted octanol–water partition coefficient (Wildman–Crippen LogP) is 1.58. The van der Waals surface area contributed by atoms with Gasteiger partial charge in [0.2, 0.25) is 0 Å². The van der Waals surface area contributed by atoms with Gasteiger partial charge in [-0.3, -0.25) is 20.4 Å². The second-order valence-corrected chi connectivity index (χ2v) is 4.54. The Balaban J connectivity index is 1.82. The van der Waals surface area contributed by atoms with Gasteiger partial charge in [-0.1, -0.05) is 24.3 Å². The summed E-state index contributed by atoms with van der Waals surface area (Å²) in [5, 5.41) is 0. The largest absolute Gasteiger partial charge is 0.452 e. The molecule has 0 unspecified atom stereocenters. The second kappa shape index (κ2) is 7.82. The minimum atomic E-state index is -1.02. The highest BCUT2D eigenvalue weighted by Gasteiger charge is 2.15. The molecule has 0 saturated heterocycles. The minimum Gasteiger partial charge on any atom is -0.452 e. The van der Waals surface area contributed by atoms with E-state index in [2.05, 4.69) is 4.74 Å². The van der Waals surface area contributed by atoms with Crippen LogP contribution in [0.5, 0.6) is 0 Å². The van der Waals surface area contributed by atoms with Crippen molar-refractivity contribution in [1.82, 2.24) is 10.9 Å². The molecular formula is C16H12F2N2O4. The van der Waals surface area contributed by atoms with Crippen LogP contribution >= 0.6 is 0 Å². The van der Waals surface area contributed by atoms with Crippen LogP contribution in [0.25, 0.3) is 0 Å². The Hall–Kier alpha value is -3.29.